The zero-order chi connectivity index (χ0) is 23.5. The van der Waals surface area contributed by atoms with Crippen molar-refractivity contribution in [2.45, 2.75) is 18.1 Å². The van der Waals surface area contributed by atoms with E-state index in [9.17, 15) is 20.1 Å². The van der Waals surface area contributed by atoms with Gasteiger partial charge in [0, 0.05) is 12.5 Å². The molecular formula is C25H24INO6. The number of hydrogen-bond acceptors (Lipinski definition) is 6. The number of phenolic OH excluding ortho intramolecular Hbond substituents is 1. The molecule has 2 atom stereocenters. The topological polar surface area (TPSA) is 108 Å². The first kappa shape index (κ1) is 23.3. The van der Waals surface area contributed by atoms with Gasteiger partial charge in [0.25, 0.3) is 0 Å². The van der Waals surface area contributed by atoms with E-state index >= 15 is 0 Å². The molecule has 172 valence electrons. The number of aliphatic hydroxyl groups excluding tert-OH is 2. The molecule has 0 heterocycles. The minimum absolute atomic E-state index is 0.0414. The van der Waals surface area contributed by atoms with Crippen molar-refractivity contribution in [2.24, 2.45) is 0 Å². The van der Waals surface area contributed by atoms with Crippen molar-refractivity contribution in [1.82, 2.24) is 5.32 Å². The van der Waals surface area contributed by atoms with Crippen molar-refractivity contribution in [3.8, 4) is 22.6 Å². The lowest BCUT2D eigenvalue weighted by atomic mass is 9.98. The Bertz CT molecular complexity index is 1120. The average Bonchev–Trinajstić information content (AvgIpc) is 3.16. The van der Waals surface area contributed by atoms with Crippen molar-refractivity contribution < 1.29 is 29.6 Å². The van der Waals surface area contributed by atoms with Crippen molar-refractivity contribution in [1.29, 1.82) is 0 Å². The number of phenols is 1. The lowest BCUT2D eigenvalue weighted by molar-refractivity contribution is 0.0184. The predicted molar refractivity (Wildman–Crippen MR) is 131 cm³/mol. The number of aromatic hydroxyl groups is 1. The highest BCUT2D eigenvalue weighted by Crippen LogP contribution is 2.44. The number of rotatable bonds is 7. The zero-order valence-corrected chi connectivity index (χ0v) is 20.0. The van der Waals surface area contributed by atoms with E-state index < -0.39 is 18.3 Å². The van der Waals surface area contributed by atoms with Gasteiger partial charge < -0.3 is 30.1 Å². The molecule has 0 saturated carbocycles. The van der Waals surface area contributed by atoms with Gasteiger partial charge in [-0.15, -0.1) is 0 Å². The van der Waals surface area contributed by atoms with Crippen LogP contribution >= 0.6 is 22.6 Å². The van der Waals surface area contributed by atoms with Gasteiger partial charge in [0.1, 0.15) is 18.8 Å². The fourth-order valence-electron chi connectivity index (χ4n) is 4.09. The summed E-state index contributed by atoms with van der Waals surface area (Å²) in [5, 5.41) is 33.3. The Balaban J connectivity index is 1.35. The molecule has 1 amide bonds. The van der Waals surface area contributed by atoms with E-state index in [1.165, 1.54) is 13.2 Å². The average molecular weight is 561 g/mol. The second-order valence-corrected chi connectivity index (χ2v) is 8.93. The van der Waals surface area contributed by atoms with Gasteiger partial charge in [-0.1, -0.05) is 48.5 Å². The van der Waals surface area contributed by atoms with Crippen LogP contribution in [0.2, 0.25) is 0 Å². The Hall–Kier alpha value is -2.82. The van der Waals surface area contributed by atoms with E-state index in [0.29, 0.717) is 9.13 Å². The maximum atomic E-state index is 12.3. The summed E-state index contributed by atoms with van der Waals surface area (Å²) in [4.78, 5) is 12.3. The number of aliphatic hydroxyl groups is 2. The molecule has 0 radical (unpaired) electrons. The first-order valence-electron chi connectivity index (χ1n) is 10.4. The Kier molecular flexibility index (Phi) is 7.06. The first-order chi connectivity index (χ1) is 15.9. The van der Waals surface area contributed by atoms with E-state index in [-0.39, 0.29) is 30.6 Å². The van der Waals surface area contributed by atoms with E-state index in [1.807, 2.05) is 59.0 Å². The van der Waals surface area contributed by atoms with Gasteiger partial charge >= 0.3 is 6.09 Å². The van der Waals surface area contributed by atoms with Crippen LogP contribution in [0.4, 0.5) is 4.79 Å². The lowest BCUT2D eigenvalue weighted by Crippen LogP contribution is -2.36. The first-order valence-corrected chi connectivity index (χ1v) is 11.5. The third kappa shape index (κ3) is 4.78. The summed E-state index contributed by atoms with van der Waals surface area (Å²) in [6.07, 6.45) is -3.25. The summed E-state index contributed by atoms with van der Waals surface area (Å²) >= 11 is 1.91. The summed E-state index contributed by atoms with van der Waals surface area (Å²) in [5.41, 5.74) is 4.85. The number of benzene rings is 3. The number of alkyl carbamates (subject to hydrolysis) is 1. The maximum absolute atomic E-state index is 12.3. The second-order valence-electron chi connectivity index (χ2n) is 7.77. The SMILES string of the molecule is COc1cc(C(O)C(O)CNC(=O)OCC2c3ccccc3-c3ccccc32)cc(I)c1O. The molecule has 0 spiro atoms. The molecule has 0 saturated heterocycles. The molecular weight excluding hydrogens is 537 g/mol. The number of amides is 1. The van der Waals surface area contributed by atoms with Crippen LogP contribution in [0.5, 0.6) is 11.5 Å². The number of fused-ring (bicyclic) bond motifs is 3. The number of hydrogen-bond donors (Lipinski definition) is 4. The predicted octanol–water partition coefficient (Wildman–Crippen LogP) is 3.94. The molecule has 7 nitrogen and oxygen atoms in total. The van der Waals surface area contributed by atoms with Crippen molar-refractivity contribution in [3.63, 3.8) is 0 Å². The molecule has 3 aromatic carbocycles. The molecule has 1 aliphatic carbocycles. The third-order valence-electron chi connectivity index (χ3n) is 5.78. The van der Waals surface area contributed by atoms with Crippen LogP contribution in [0.15, 0.2) is 60.7 Å². The van der Waals surface area contributed by atoms with Crippen LogP contribution in [0, 0.1) is 3.57 Å². The highest BCUT2D eigenvalue weighted by molar-refractivity contribution is 14.1. The van der Waals surface area contributed by atoms with Gasteiger partial charge in [-0.25, -0.2) is 4.79 Å². The highest BCUT2D eigenvalue weighted by Gasteiger charge is 2.29. The van der Waals surface area contributed by atoms with Crippen LogP contribution in [-0.4, -0.2) is 47.8 Å². The standard InChI is InChI=1S/C25H24INO6/c1-32-22-11-14(10-20(26)24(22)30)23(29)21(28)12-27-25(31)33-13-19-17-8-4-2-6-15(17)16-7-3-5-9-18(16)19/h2-11,19,21,23,28-30H,12-13H2,1H3,(H,27,31). The summed E-state index contributed by atoms with van der Waals surface area (Å²) in [5.74, 6) is 0.0816. The molecule has 2 unspecified atom stereocenters. The summed E-state index contributed by atoms with van der Waals surface area (Å²) in [6.45, 7) is -0.0521. The number of carbonyl (C=O) groups is 1. The van der Waals surface area contributed by atoms with Crippen molar-refractivity contribution in [3.05, 3.63) is 80.9 Å². The maximum Gasteiger partial charge on any atom is 0.407 e. The molecule has 1 aliphatic rings. The largest absolute Gasteiger partial charge is 0.504 e. The molecule has 8 heteroatoms. The Morgan fingerprint density at radius 1 is 1.06 bits per heavy atom. The van der Waals surface area contributed by atoms with Gasteiger partial charge in [0.15, 0.2) is 11.5 Å². The summed E-state index contributed by atoms with van der Waals surface area (Å²) < 4.78 is 11.0. The molecule has 33 heavy (non-hydrogen) atoms. The van der Waals surface area contributed by atoms with Gasteiger partial charge in [-0.05, 0) is 62.5 Å². The highest BCUT2D eigenvalue weighted by atomic mass is 127. The molecule has 0 aliphatic heterocycles. The van der Waals surface area contributed by atoms with Crippen molar-refractivity contribution in [2.75, 3.05) is 20.3 Å². The van der Waals surface area contributed by atoms with Crippen LogP contribution < -0.4 is 10.1 Å². The van der Waals surface area contributed by atoms with E-state index in [1.54, 1.807) is 6.07 Å². The van der Waals surface area contributed by atoms with E-state index in [4.69, 9.17) is 9.47 Å². The number of methoxy groups -OCH3 is 1. The Morgan fingerprint density at radius 3 is 2.27 bits per heavy atom. The Labute approximate surface area is 205 Å². The monoisotopic (exact) mass is 561 g/mol. The number of carbonyl (C=O) groups excluding carboxylic acids is 1. The van der Waals surface area contributed by atoms with E-state index in [0.717, 1.165) is 22.3 Å². The molecule has 0 bridgehead atoms. The third-order valence-corrected chi connectivity index (χ3v) is 6.60. The fraction of sp³-hybridized carbons (Fsp3) is 0.240. The quantitative estimate of drug-likeness (QED) is 0.326. The van der Waals surface area contributed by atoms with Gasteiger partial charge in [0.2, 0.25) is 0 Å². The van der Waals surface area contributed by atoms with Crippen LogP contribution in [-0.2, 0) is 4.74 Å². The summed E-state index contributed by atoms with van der Waals surface area (Å²) in [7, 11) is 1.40. The second kappa shape index (κ2) is 9.98. The minimum Gasteiger partial charge on any atom is -0.504 e. The summed E-state index contributed by atoms with van der Waals surface area (Å²) in [6, 6.07) is 19.1. The number of nitrogens with one attached hydrogen (secondary N) is 1. The van der Waals surface area contributed by atoms with Crippen LogP contribution in [0.1, 0.15) is 28.7 Å². The minimum atomic E-state index is -1.29. The molecule has 3 aromatic rings. The van der Waals surface area contributed by atoms with Crippen molar-refractivity contribution >= 4 is 28.7 Å². The fourth-order valence-corrected chi connectivity index (χ4v) is 4.72. The number of ether oxygens (including phenoxy) is 2. The molecule has 0 fully saturated rings. The molecule has 4 rings (SSSR count). The number of halogens is 1. The molecule has 0 aromatic heterocycles. The zero-order valence-electron chi connectivity index (χ0n) is 17.9. The normalized spacial score (nSPS) is 14.2. The Morgan fingerprint density at radius 2 is 1.67 bits per heavy atom. The van der Waals surface area contributed by atoms with Crippen LogP contribution in [0.3, 0.4) is 0 Å². The van der Waals surface area contributed by atoms with E-state index in [2.05, 4.69) is 17.4 Å². The molecule has 4 N–H and O–H groups in total. The lowest BCUT2D eigenvalue weighted by Gasteiger charge is -2.20. The van der Waals surface area contributed by atoms with Gasteiger partial charge in [-0.2, -0.15) is 0 Å². The smallest absolute Gasteiger partial charge is 0.407 e. The van der Waals surface area contributed by atoms with Crippen LogP contribution in [0.25, 0.3) is 11.1 Å². The van der Waals surface area contributed by atoms with Gasteiger partial charge in [-0.3, -0.25) is 0 Å². The van der Waals surface area contributed by atoms with Gasteiger partial charge in [0.05, 0.1) is 10.7 Å².